The second-order valence-electron chi connectivity index (χ2n) is 13.9. The fraction of sp³-hybridized carbons (Fsp3) is 0. The van der Waals surface area contributed by atoms with Crippen LogP contribution < -0.4 is 0 Å². The van der Waals surface area contributed by atoms with Crippen LogP contribution in [0.15, 0.2) is 197 Å². The SMILES string of the molecule is c1ccc(-c2cccc(-c3ccc(-c4ccc5c(c4)oc4cccc(-c6nc(-c7ccccc7)nc(-c7ccccc7)n6)c45)c4c3oc3ccccc34)c2)cc1. The number of aromatic nitrogens is 3. The quantitative estimate of drug-likeness (QED) is 0.171. The van der Waals surface area contributed by atoms with Crippen LogP contribution in [0.3, 0.4) is 0 Å². The summed E-state index contributed by atoms with van der Waals surface area (Å²) in [5, 5.41) is 4.10. The Bertz CT molecular complexity index is 3180. The minimum atomic E-state index is 0.591. The summed E-state index contributed by atoms with van der Waals surface area (Å²) < 4.78 is 13.3. The lowest BCUT2D eigenvalue weighted by Gasteiger charge is -2.10. The first-order chi connectivity index (χ1) is 27.7. The minimum Gasteiger partial charge on any atom is -0.456 e. The van der Waals surface area contributed by atoms with Crippen LogP contribution in [0.4, 0.5) is 0 Å². The Hall–Kier alpha value is -7.63. The monoisotopic (exact) mass is 717 g/mol. The van der Waals surface area contributed by atoms with E-state index in [2.05, 4.69) is 97.1 Å². The van der Waals surface area contributed by atoms with E-state index in [1.807, 2.05) is 91.0 Å². The summed E-state index contributed by atoms with van der Waals surface area (Å²) in [5.41, 5.74) is 12.6. The van der Waals surface area contributed by atoms with E-state index in [0.29, 0.717) is 17.5 Å². The molecule has 0 aliphatic rings. The zero-order valence-corrected chi connectivity index (χ0v) is 30.1. The van der Waals surface area contributed by atoms with Gasteiger partial charge in [0.25, 0.3) is 0 Å². The van der Waals surface area contributed by atoms with Crippen LogP contribution >= 0.6 is 0 Å². The van der Waals surface area contributed by atoms with Crippen molar-refractivity contribution in [2.75, 3.05) is 0 Å². The molecule has 0 bridgehead atoms. The first kappa shape index (κ1) is 31.9. The lowest BCUT2D eigenvalue weighted by atomic mass is 9.93. The second-order valence-corrected chi connectivity index (χ2v) is 13.9. The average Bonchev–Trinajstić information content (AvgIpc) is 3.86. The highest BCUT2D eigenvalue weighted by atomic mass is 16.3. The highest BCUT2D eigenvalue weighted by Crippen LogP contribution is 2.44. The zero-order valence-electron chi connectivity index (χ0n) is 30.1. The Morgan fingerprint density at radius 2 is 0.839 bits per heavy atom. The van der Waals surface area contributed by atoms with E-state index >= 15 is 0 Å². The van der Waals surface area contributed by atoms with E-state index in [9.17, 15) is 0 Å². The van der Waals surface area contributed by atoms with Crippen LogP contribution in [0.1, 0.15) is 0 Å². The normalized spacial score (nSPS) is 11.6. The number of fused-ring (bicyclic) bond motifs is 6. The maximum Gasteiger partial charge on any atom is 0.164 e. The van der Waals surface area contributed by atoms with Crippen LogP contribution in [0.2, 0.25) is 0 Å². The molecule has 0 fully saturated rings. The van der Waals surface area contributed by atoms with E-state index in [1.165, 1.54) is 5.56 Å². The summed E-state index contributed by atoms with van der Waals surface area (Å²) in [5.74, 6) is 1.83. The van der Waals surface area contributed by atoms with Crippen molar-refractivity contribution >= 4 is 43.9 Å². The molecule has 0 radical (unpaired) electrons. The van der Waals surface area contributed by atoms with Crippen molar-refractivity contribution < 1.29 is 8.83 Å². The first-order valence-corrected chi connectivity index (χ1v) is 18.7. The summed E-state index contributed by atoms with van der Waals surface area (Å²) in [7, 11) is 0. The topological polar surface area (TPSA) is 65.0 Å². The van der Waals surface area contributed by atoms with Gasteiger partial charge in [-0.25, -0.2) is 15.0 Å². The van der Waals surface area contributed by atoms with Crippen LogP contribution in [0, 0.1) is 0 Å². The van der Waals surface area contributed by atoms with Gasteiger partial charge in [0.2, 0.25) is 0 Å². The highest BCUT2D eigenvalue weighted by molar-refractivity contribution is 6.18. The van der Waals surface area contributed by atoms with E-state index in [-0.39, 0.29) is 0 Å². The van der Waals surface area contributed by atoms with Crippen LogP contribution in [-0.2, 0) is 0 Å². The molecule has 0 aliphatic heterocycles. The second kappa shape index (κ2) is 13.0. The van der Waals surface area contributed by atoms with E-state index in [1.54, 1.807) is 0 Å². The number of rotatable bonds is 6. The molecule has 5 nitrogen and oxygen atoms in total. The number of furan rings is 2. The molecule has 0 aliphatic carbocycles. The van der Waals surface area contributed by atoms with Gasteiger partial charge in [0, 0.05) is 43.8 Å². The summed E-state index contributed by atoms with van der Waals surface area (Å²) in [6, 6.07) is 64.5. The standard InChI is InChI=1S/C51H31N3O2/c1-4-14-32(15-5-1)35-20-12-21-36(30-35)39-29-28-38(47-40-22-10-11-24-43(40)56-48(39)47)37-26-27-41-45(31-37)55-44-25-13-23-42(46(41)44)51-53-49(33-16-6-2-7-17-33)52-50(54-51)34-18-8-3-9-19-34/h1-31H. The van der Waals surface area contributed by atoms with E-state index in [4.69, 9.17) is 23.8 Å². The molecule has 0 amide bonds. The van der Waals surface area contributed by atoms with Crippen molar-refractivity contribution in [1.82, 2.24) is 15.0 Å². The molecule has 0 N–H and O–H groups in total. The molecular weight excluding hydrogens is 687 g/mol. The molecule has 0 unspecified atom stereocenters. The fourth-order valence-electron chi connectivity index (χ4n) is 7.90. The first-order valence-electron chi connectivity index (χ1n) is 18.7. The van der Waals surface area contributed by atoms with Crippen LogP contribution in [-0.4, -0.2) is 15.0 Å². The summed E-state index contributed by atoms with van der Waals surface area (Å²) in [6.45, 7) is 0. The number of nitrogens with zero attached hydrogens (tertiary/aromatic N) is 3. The predicted octanol–water partition coefficient (Wildman–Crippen LogP) is 13.7. The van der Waals surface area contributed by atoms with E-state index < -0.39 is 0 Å². The van der Waals surface area contributed by atoms with Crippen LogP contribution in [0.5, 0.6) is 0 Å². The van der Waals surface area contributed by atoms with Crippen LogP contribution in [0.25, 0.3) is 111 Å². The van der Waals surface area contributed by atoms with Gasteiger partial charge >= 0.3 is 0 Å². The Morgan fingerprint density at radius 1 is 0.286 bits per heavy atom. The molecule has 11 aromatic rings. The molecule has 0 saturated heterocycles. The van der Waals surface area contributed by atoms with E-state index in [0.717, 1.165) is 88.4 Å². The van der Waals surface area contributed by atoms with Gasteiger partial charge in [-0.1, -0.05) is 152 Å². The largest absolute Gasteiger partial charge is 0.456 e. The Labute approximate surface area is 322 Å². The van der Waals surface area contributed by atoms with Crippen molar-refractivity contribution in [2.45, 2.75) is 0 Å². The van der Waals surface area contributed by atoms with Crippen molar-refractivity contribution in [1.29, 1.82) is 0 Å². The number of hydrogen-bond acceptors (Lipinski definition) is 5. The molecule has 3 aromatic heterocycles. The molecule has 0 atom stereocenters. The molecule has 0 saturated carbocycles. The minimum absolute atomic E-state index is 0.591. The van der Waals surface area contributed by atoms with Gasteiger partial charge in [0.15, 0.2) is 17.5 Å². The van der Waals surface area contributed by atoms with Gasteiger partial charge in [0.1, 0.15) is 22.3 Å². The molecule has 11 rings (SSSR count). The fourth-order valence-corrected chi connectivity index (χ4v) is 7.90. The average molecular weight is 718 g/mol. The van der Waals surface area contributed by atoms with Crippen molar-refractivity contribution in [3.63, 3.8) is 0 Å². The van der Waals surface area contributed by atoms with Crippen molar-refractivity contribution in [3.8, 4) is 67.5 Å². The van der Waals surface area contributed by atoms with Gasteiger partial charge < -0.3 is 8.83 Å². The molecule has 8 aromatic carbocycles. The lowest BCUT2D eigenvalue weighted by Crippen LogP contribution is -2.00. The van der Waals surface area contributed by atoms with Crippen molar-refractivity contribution in [3.05, 3.63) is 188 Å². The smallest absolute Gasteiger partial charge is 0.164 e. The number of hydrogen-bond donors (Lipinski definition) is 0. The van der Waals surface area contributed by atoms with Gasteiger partial charge in [-0.15, -0.1) is 0 Å². The lowest BCUT2D eigenvalue weighted by molar-refractivity contribution is 0.668. The third-order valence-corrected chi connectivity index (χ3v) is 10.6. The molecule has 3 heterocycles. The molecule has 0 spiro atoms. The maximum absolute atomic E-state index is 6.69. The third-order valence-electron chi connectivity index (χ3n) is 10.6. The number of benzene rings is 8. The van der Waals surface area contributed by atoms with Gasteiger partial charge in [-0.05, 0) is 64.2 Å². The molecular formula is C51H31N3O2. The maximum atomic E-state index is 6.69. The summed E-state index contributed by atoms with van der Waals surface area (Å²) in [6.07, 6.45) is 0. The predicted molar refractivity (Wildman–Crippen MR) is 227 cm³/mol. The van der Waals surface area contributed by atoms with Gasteiger partial charge in [-0.3, -0.25) is 0 Å². The highest BCUT2D eigenvalue weighted by Gasteiger charge is 2.21. The molecule has 262 valence electrons. The summed E-state index contributed by atoms with van der Waals surface area (Å²) >= 11 is 0. The zero-order chi connectivity index (χ0) is 37.0. The Morgan fingerprint density at radius 3 is 1.59 bits per heavy atom. The Balaban J connectivity index is 1.07. The number of para-hydroxylation sites is 1. The Kier molecular flexibility index (Phi) is 7.42. The van der Waals surface area contributed by atoms with Crippen molar-refractivity contribution in [2.24, 2.45) is 0 Å². The molecule has 56 heavy (non-hydrogen) atoms. The third kappa shape index (κ3) is 5.37. The van der Waals surface area contributed by atoms with Gasteiger partial charge in [0.05, 0.1) is 0 Å². The van der Waals surface area contributed by atoms with Gasteiger partial charge in [-0.2, -0.15) is 0 Å². The summed E-state index contributed by atoms with van der Waals surface area (Å²) in [4.78, 5) is 15.0. The molecule has 5 heteroatoms.